The van der Waals surface area contributed by atoms with E-state index in [2.05, 4.69) is 0 Å². The van der Waals surface area contributed by atoms with E-state index in [0.717, 1.165) is 16.7 Å². The van der Waals surface area contributed by atoms with Crippen LogP contribution in [0.15, 0.2) is 42.5 Å². The number of rotatable bonds is 4. The second kappa shape index (κ2) is 5.63. The maximum Gasteiger partial charge on any atom is 0.165 e. The van der Waals surface area contributed by atoms with Crippen LogP contribution in [0.1, 0.15) is 30.5 Å². The number of aryl methyl sites for hydroxylation is 1. The molecular weight excluding hydrogens is 253 g/mol. The summed E-state index contributed by atoms with van der Waals surface area (Å²) in [5.74, 6) is -0.0729. The van der Waals surface area contributed by atoms with Crippen LogP contribution in [0.4, 0.5) is 4.39 Å². The monoisotopic (exact) mass is 273 g/mol. The van der Waals surface area contributed by atoms with E-state index in [1.54, 1.807) is 0 Å². The molecule has 0 aliphatic carbocycles. The van der Waals surface area contributed by atoms with Crippen LogP contribution in [0.2, 0.25) is 0 Å². The van der Waals surface area contributed by atoms with Gasteiger partial charge in [0.2, 0.25) is 0 Å². The smallest absolute Gasteiger partial charge is 0.165 e. The van der Waals surface area contributed by atoms with Gasteiger partial charge in [-0.25, -0.2) is 4.39 Å². The van der Waals surface area contributed by atoms with Gasteiger partial charge in [-0.3, -0.25) is 0 Å². The largest absolute Gasteiger partial charge is 0.486 e. The Balaban J connectivity index is 2.21. The molecule has 2 nitrogen and oxygen atoms in total. The van der Waals surface area contributed by atoms with Crippen LogP contribution in [0.25, 0.3) is 0 Å². The van der Waals surface area contributed by atoms with E-state index in [4.69, 9.17) is 10.5 Å². The van der Waals surface area contributed by atoms with Gasteiger partial charge >= 0.3 is 0 Å². The van der Waals surface area contributed by atoms with Crippen LogP contribution in [-0.2, 0) is 12.1 Å². The number of ether oxygens (including phenoxy) is 1. The van der Waals surface area contributed by atoms with Crippen LogP contribution < -0.4 is 10.5 Å². The third kappa shape index (κ3) is 3.36. The molecule has 0 amide bonds. The third-order valence-electron chi connectivity index (χ3n) is 3.20. The van der Waals surface area contributed by atoms with Crippen LogP contribution >= 0.6 is 0 Å². The van der Waals surface area contributed by atoms with Gasteiger partial charge in [-0.2, -0.15) is 0 Å². The van der Waals surface area contributed by atoms with E-state index in [1.165, 1.54) is 6.07 Å². The Hall–Kier alpha value is -1.87. The molecule has 2 aromatic rings. The fraction of sp³-hybridized carbons (Fsp3) is 0.294. The molecule has 0 heterocycles. The molecule has 0 saturated heterocycles. The molecule has 106 valence electrons. The molecule has 3 heteroatoms. The highest BCUT2D eigenvalue weighted by Crippen LogP contribution is 2.28. The summed E-state index contributed by atoms with van der Waals surface area (Å²) in [5, 5.41) is 0. The van der Waals surface area contributed by atoms with E-state index in [1.807, 2.05) is 57.2 Å². The second-order valence-corrected chi connectivity index (χ2v) is 5.60. The number of halogens is 1. The molecule has 0 aliphatic heterocycles. The predicted molar refractivity (Wildman–Crippen MR) is 79.1 cm³/mol. The lowest BCUT2D eigenvalue weighted by Gasteiger charge is -2.21. The number of hydrogen-bond acceptors (Lipinski definition) is 2. The average Bonchev–Trinajstić information content (AvgIpc) is 2.37. The summed E-state index contributed by atoms with van der Waals surface area (Å²) in [6.07, 6.45) is 0. The van der Waals surface area contributed by atoms with E-state index in [-0.39, 0.29) is 5.82 Å². The first-order valence-electron chi connectivity index (χ1n) is 6.64. The van der Waals surface area contributed by atoms with Gasteiger partial charge in [0.1, 0.15) is 6.61 Å². The lowest BCUT2D eigenvalue weighted by Crippen LogP contribution is -2.28. The number of benzene rings is 2. The van der Waals surface area contributed by atoms with Crippen LogP contribution in [-0.4, -0.2) is 0 Å². The second-order valence-electron chi connectivity index (χ2n) is 5.60. The van der Waals surface area contributed by atoms with E-state index < -0.39 is 5.54 Å². The van der Waals surface area contributed by atoms with Crippen molar-refractivity contribution in [3.8, 4) is 5.75 Å². The van der Waals surface area contributed by atoms with Gasteiger partial charge in [-0.1, -0.05) is 36.4 Å². The Labute approximate surface area is 119 Å². The number of nitrogens with two attached hydrogens (primary N) is 1. The zero-order valence-corrected chi connectivity index (χ0v) is 12.1. The van der Waals surface area contributed by atoms with Gasteiger partial charge in [0.05, 0.1) is 0 Å². The molecule has 0 spiro atoms. The standard InChI is InChI=1S/C17H20FNO/c1-12-9-14(17(2,3)19)10-15(18)16(12)20-11-13-7-5-4-6-8-13/h4-10H,11,19H2,1-3H3. The Morgan fingerprint density at radius 2 is 1.80 bits per heavy atom. The van der Waals surface area contributed by atoms with Crippen molar-refractivity contribution in [2.24, 2.45) is 5.73 Å². The van der Waals surface area contributed by atoms with Gasteiger partial charge < -0.3 is 10.5 Å². The highest BCUT2D eigenvalue weighted by molar-refractivity contribution is 5.40. The van der Waals surface area contributed by atoms with E-state index in [0.29, 0.717) is 12.4 Å². The van der Waals surface area contributed by atoms with Crippen molar-refractivity contribution < 1.29 is 9.13 Å². The normalized spacial score (nSPS) is 11.4. The maximum absolute atomic E-state index is 14.2. The summed E-state index contributed by atoms with van der Waals surface area (Å²) in [6.45, 7) is 5.89. The summed E-state index contributed by atoms with van der Waals surface area (Å²) in [5.41, 5.74) is 7.97. The van der Waals surface area contributed by atoms with Crippen molar-refractivity contribution >= 4 is 0 Å². The Morgan fingerprint density at radius 3 is 2.35 bits per heavy atom. The SMILES string of the molecule is Cc1cc(C(C)(C)N)cc(F)c1OCc1ccccc1. The van der Waals surface area contributed by atoms with Gasteiger partial charge in [0, 0.05) is 5.54 Å². The zero-order chi connectivity index (χ0) is 14.8. The molecule has 0 unspecified atom stereocenters. The number of hydrogen-bond donors (Lipinski definition) is 1. The first kappa shape index (κ1) is 14.5. The van der Waals surface area contributed by atoms with Crippen LogP contribution in [0, 0.1) is 12.7 Å². The Bertz CT molecular complexity index is 565. The first-order chi connectivity index (χ1) is 9.38. The quantitative estimate of drug-likeness (QED) is 0.916. The van der Waals surface area contributed by atoms with Crippen molar-refractivity contribution in [2.75, 3.05) is 0 Å². The van der Waals surface area contributed by atoms with Crippen LogP contribution in [0.5, 0.6) is 5.75 Å². The molecule has 20 heavy (non-hydrogen) atoms. The first-order valence-corrected chi connectivity index (χ1v) is 6.64. The minimum Gasteiger partial charge on any atom is -0.486 e. The summed E-state index contributed by atoms with van der Waals surface area (Å²) in [6, 6.07) is 13.0. The summed E-state index contributed by atoms with van der Waals surface area (Å²) in [7, 11) is 0. The van der Waals surface area contributed by atoms with Gasteiger partial charge in [0.25, 0.3) is 0 Å². The molecule has 0 atom stereocenters. The predicted octanol–water partition coefficient (Wildman–Crippen LogP) is 3.91. The summed E-state index contributed by atoms with van der Waals surface area (Å²) in [4.78, 5) is 0. The van der Waals surface area contributed by atoms with Crippen molar-refractivity contribution in [1.82, 2.24) is 0 Å². The molecule has 0 radical (unpaired) electrons. The molecule has 0 fully saturated rings. The highest BCUT2D eigenvalue weighted by Gasteiger charge is 2.18. The van der Waals surface area contributed by atoms with Gasteiger partial charge in [-0.15, -0.1) is 0 Å². The van der Waals surface area contributed by atoms with Gasteiger partial charge in [0.15, 0.2) is 11.6 Å². The average molecular weight is 273 g/mol. The van der Waals surface area contributed by atoms with Crippen molar-refractivity contribution in [3.05, 3.63) is 65.0 Å². The Kier molecular flexibility index (Phi) is 4.09. The summed E-state index contributed by atoms with van der Waals surface area (Å²) < 4.78 is 19.8. The Morgan fingerprint density at radius 1 is 1.15 bits per heavy atom. The maximum atomic E-state index is 14.2. The molecule has 2 N–H and O–H groups in total. The van der Waals surface area contributed by atoms with E-state index in [9.17, 15) is 4.39 Å². The molecular formula is C17H20FNO. The lowest BCUT2D eigenvalue weighted by molar-refractivity contribution is 0.287. The molecule has 2 aromatic carbocycles. The van der Waals surface area contributed by atoms with Gasteiger partial charge in [-0.05, 0) is 43.5 Å². The van der Waals surface area contributed by atoms with E-state index >= 15 is 0 Å². The molecule has 0 bridgehead atoms. The molecule has 2 rings (SSSR count). The minimum absolute atomic E-state index is 0.293. The summed E-state index contributed by atoms with van der Waals surface area (Å²) >= 11 is 0. The van der Waals surface area contributed by atoms with Crippen molar-refractivity contribution in [3.63, 3.8) is 0 Å². The fourth-order valence-electron chi connectivity index (χ4n) is 2.02. The topological polar surface area (TPSA) is 35.2 Å². The highest BCUT2D eigenvalue weighted by atomic mass is 19.1. The lowest BCUT2D eigenvalue weighted by atomic mass is 9.94. The van der Waals surface area contributed by atoms with Crippen molar-refractivity contribution in [2.45, 2.75) is 32.9 Å². The molecule has 0 saturated carbocycles. The molecule has 0 aromatic heterocycles. The van der Waals surface area contributed by atoms with Crippen LogP contribution in [0.3, 0.4) is 0 Å². The fourth-order valence-corrected chi connectivity index (χ4v) is 2.02. The molecule has 0 aliphatic rings. The third-order valence-corrected chi connectivity index (χ3v) is 3.20. The zero-order valence-electron chi connectivity index (χ0n) is 12.1. The minimum atomic E-state index is -0.566. The van der Waals surface area contributed by atoms with Crippen molar-refractivity contribution in [1.29, 1.82) is 0 Å².